The van der Waals surface area contributed by atoms with Crippen LogP contribution in [0.25, 0.3) is 0 Å². The number of aryl methyl sites for hydroxylation is 1. The first-order chi connectivity index (χ1) is 10.5. The van der Waals surface area contributed by atoms with E-state index in [0.29, 0.717) is 5.69 Å². The molecule has 0 atom stereocenters. The quantitative estimate of drug-likeness (QED) is 0.829. The van der Waals surface area contributed by atoms with Gasteiger partial charge < -0.3 is 10.1 Å². The van der Waals surface area contributed by atoms with Crippen molar-refractivity contribution in [2.45, 2.75) is 13.3 Å². The van der Waals surface area contributed by atoms with Gasteiger partial charge in [-0.3, -0.25) is 9.59 Å². The lowest BCUT2D eigenvalue weighted by atomic mass is 10.1. The number of carbonyl (C=O) groups is 2. The van der Waals surface area contributed by atoms with E-state index in [1.54, 1.807) is 12.1 Å². The summed E-state index contributed by atoms with van der Waals surface area (Å²) in [5.41, 5.74) is 2.65. The lowest BCUT2D eigenvalue weighted by Gasteiger charge is -2.07. The van der Waals surface area contributed by atoms with Crippen LogP contribution in [0.3, 0.4) is 0 Å². The summed E-state index contributed by atoms with van der Waals surface area (Å²) >= 11 is 3.32. The minimum Gasteiger partial charge on any atom is -0.455 e. The highest BCUT2D eigenvalue weighted by Gasteiger charge is 2.09. The first kappa shape index (κ1) is 16.2. The lowest BCUT2D eigenvalue weighted by molar-refractivity contribution is -0.146. The molecule has 1 N–H and O–H groups in total. The van der Waals surface area contributed by atoms with Crippen LogP contribution in [0.5, 0.6) is 0 Å². The molecule has 0 spiro atoms. The highest BCUT2D eigenvalue weighted by atomic mass is 79.9. The standard InChI is InChI=1S/C17H16BrNO3/c1-12-2-4-13(5-3-12)10-17(21)22-11-16(20)19-15-8-6-14(18)7-9-15/h2-9H,10-11H2,1H3,(H,19,20). The van der Waals surface area contributed by atoms with Gasteiger partial charge >= 0.3 is 5.97 Å². The van der Waals surface area contributed by atoms with Gasteiger partial charge in [0.05, 0.1) is 6.42 Å². The number of nitrogens with one attached hydrogen (secondary N) is 1. The van der Waals surface area contributed by atoms with Crippen molar-refractivity contribution in [1.29, 1.82) is 0 Å². The zero-order valence-corrected chi connectivity index (χ0v) is 13.7. The van der Waals surface area contributed by atoms with E-state index in [4.69, 9.17) is 4.74 Å². The molecule has 0 saturated heterocycles. The van der Waals surface area contributed by atoms with Crippen LogP contribution in [0.4, 0.5) is 5.69 Å². The zero-order chi connectivity index (χ0) is 15.9. The van der Waals surface area contributed by atoms with Crippen LogP contribution in [0.2, 0.25) is 0 Å². The maximum absolute atomic E-state index is 11.7. The lowest BCUT2D eigenvalue weighted by Crippen LogP contribution is -2.21. The molecule has 0 saturated carbocycles. The Bertz CT molecular complexity index is 591. The van der Waals surface area contributed by atoms with Crippen LogP contribution in [-0.4, -0.2) is 18.5 Å². The van der Waals surface area contributed by atoms with Gasteiger partial charge in [0.15, 0.2) is 6.61 Å². The second-order valence-electron chi connectivity index (χ2n) is 4.88. The molecule has 4 nitrogen and oxygen atoms in total. The van der Waals surface area contributed by atoms with Crippen molar-refractivity contribution in [3.8, 4) is 0 Å². The predicted octanol–water partition coefficient (Wildman–Crippen LogP) is 3.48. The fourth-order valence-electron chi connectivity index (χ4n) is 1.80. The fourth-order valence-corrected chi connectivity index (χ4v) is 2.06. The van der Waals surface area contributed by atoms with Crippen LogP contribution in [0, 0.1) is 6.92 Å². The van der Waals surface area contributed by atoms with Crippen LogP contribution in [0.15, 0.2) is 53.0 Å². The van der Waals surface area contributed by atoms with Crippen molar-refractivity contribution >= 4 is 33.5 Å². The monoisotopic (exact) mass is 361 g/mol. The van der Waals surface area contributed by atoms with Crippen molar-refractivity contribution in [3.63, 3.8) is 0 Å². The Morgan fingerprint density at radius 2 is 1.68 bits per heavy atom. The Balaban J connectivity index is 1.76. The molecule has 0 unspecified atom stereocenters. The van der Waals surface area contributed by atoms with Crippen molar-refractivity contribution < 1.29 is 14.3 Å². The van der Waals surface area contributed by atoms with Gasteiger partial charge in [0.2, 0.25) is 0 Å². The first-order valence-electron chi connectivity index (χ1n) is 6.79. The number of benzene rings is 2. The van der Waals surface area contributed by atoms with Crippen LogP contribution >= 0.6 is 15.9 Å². The highest BCUT2D eigenvalue weighted by Crippen LogP contribution is 2.14. The Hall–Kier alpha value is -2.14. The van der Waals surface area contributed by atoms with Crippen molar-refractivity contribution in [3.05, 3.63) is 64.1 Å². The van der Waals surface area contributed by atoms with E-state index in [9.17, 15) is 9.59 Å². The second kappa shape index (κ2) is 7.75. The minimum atomic E-state index is -0.421. The van der Waals surface area contributed by atoms with Gasteiger partial charge in [0.25, 0.3) is 5.91 Å². The van der Waals surface area contributed by atoms with Gasteiger partial charge in [-0.2, -0.15) is 0 Å². The second-order valence-corrected chi connectivity index (χ2v) is 5.79. The molecule has 0 aromatic heterocycles. The molecule has 2 aromatic carbocycles. The molecular weight excluding hydrogens is 346 g/mol. The number of ether oxygens (including phenoxy) is 1. The van der Waals surface area contributed by atoms with Gasteiger partial charge in [0, 0.05) is 10.2 Å². The molecular formula is C17H16BrNO3. The summed E-state index contributed by atoms with van der Waals surface area (Å²) in [6.45, 7) is 1.69. The molecule has 0 aliphatic carbocycles. The van der Waals surface area contributed by atoms with E-state index < -0.39 is 5.97 Å². The van der Waals surface area contributed by atoms with Crippen LogP contribution < -0.4 is 5.32 Å². The normalized spacial score (nSPS) is 10.1. The summed E-state index contributed by atoms with van der Waals surface area (Å²) in [7, 11) is 0. The Morgan fingerprint density at radius 3 is 2.32 bits per heavy atom. The third-order valence-electron chi connectivity index (χ3n) is 2.96. The minimum absolute atomic E-state index is 0.159. The summed E-state index contributed by atoms with van der Waals surface area (Å²) in [5.74, 6) is -0.783. The number of halogens is 1. The Morgan fingerprint density at radius 1 is 1.05 bits per heavy atom. The number of esters is 1. The summed E-state index contributed by atoms with van der Waals surface area (Å²) < 4.78 is 5.90. The van der Waals surface area contributed by atoms with E-state index in [1.807, 2.05) is 43.3 Å². The van der Waals surface area contributed by atoms with Gasteiger partial charge in [-0.15, -0.1) is 0 Å². The van der Waals surface area contributed by atoms with E-state index in [0.717, 1.165) is 15.6 Å². The van der Waals surface area contributed by atoms with Crippen LogP contribution in [-0.2, 0) is 20.7 Å². The Kier molecular flexibility index (Phi) is 5.72. The molecule has 0 bridgehead atoms. The third-order valence-corrected chi connectivity index (χ3v) is 3.49. The average molecular weight is 362 g/mol. The molecule has 22 heavy (non-hydrogen) atoms. The number of rotatable bonds is 5. The number of amides is 1. The molecule has 0 heterocycles. The van der Waals surface area contributed by atoms with E-state index in [1.165, 1.54) is 0 Å². The summed E-state index contributed by atoms with van der Waals surface area (Å²) in [6, 6.07) is 14.8. The fraction of sp³-hybridized carbons (Fsp3) is 0.176. The predicted molar refractivity (Wildman–Crippen MR) is 88.6 cm³/mol. The summed E-state index contributed by atoms with van der Waals surface area (Å²) in [5, 5.41) is 2.66. The van der Waals surface area contributed by atoms with Crippen LogP contribution in [0.1, 0.15) is 11.1 Å². The molecule has 2 aromatic rings. The van der Waals surface area contributed by atoms with Gasteiger partial charge in [-0.1, -0.05) is 45.8 Å². The van der Waals surface area contributed by atoms with Gasteiger partial charge in [-0.05, 0) is 36.8 Å². The van der Waals surface area contributed by atoms with Crippen molar-refractivity contribution in [1.82, 2.24) is 0 Å². The van der Waals surface area contributed by atoms with Gasteiger partial charge in [-0.25, -0.2) is 0 Å². The maximum atomic E-state index is 11.7. The SMILES string of the molecule is Cc1ccc(CC(=O)OCC(=O)Nc2ccc(Br)cc2)cc1. The average Bonchev–Trinajstić information content (AvgIpc) is 2.50. The summed E-state index contributed by atoms with van der Waals surface area (Å²) in [6.07, 6.45) is 0.159. The molecule has 0 aliphatic rings. The van der Waals surface area contributed by atoms with E-state index >= 15 is 0 Å². The van der Waals surface area contributed by atoms with Gasteiger partial charge in [0.1, 0.15) is 0 Å². The topological polar surface area (TPSA) is 55.4 Å². The molecule has 1 amide bonds. The van der Waals surface area contributed by atoms with E-state index in [2.05, 4.69) is 21.2 Å². The Labute approximate surface area is 137 Å². The molecule has 2 rings (SSSR count). The number of carbonyl (C=O) groups excluding carboxylic acids is 2. The number of hydrogen-bond donors (Lipinski definition) is 1. The van der Waals surface area contributed by atoms with Crippen molar-refractivity contribution in [2.24, 2.45) is 0 Å². The number of anilines is 1. The molecule has 0 radical (unpaired) electrons. The zero-order valence-electron chi connectivity index (χ0n) is 12.1. The highest BCUT2D eigenvalue weighted by molar-refractivity contribution is 9.10. The maximum Gasteiger partial charge on any atom is 0.310 e. The smallest absolute Gasteiger partial charge is 0.310 e. The largest absolute Gasteiger partial charge is 0.455 e. The third kappa shape index (κ3) is 5.33. The number of hydrogen-bond acceptors (Lipinski definition) is 3. The molecule has 0 aliphatic heterocycles. The van der Waals surface area contributed by atoms with Crippen molar-refractivity contribution in [2.75, 3.05) is 11.9 Å². The molecule has 114 valence electrons. The molecule has 0 fully saturated rings. The summed E-state index contributed by atoms with van der Waals surface area (Å²) in [4.78, 5) is 23.4. The van der Waals surface area contributed by atoms with E-state index in [-0.39, 0.29) is 18.9 Å². The molecule has 5 heteroatoms. The first-order valence-corrected chi connectivity index (χ1v) is 7.59.